The van der Waals surface area contributed by atoms with Crippen LogP contribution in [-0.4, -0.2) is 23.4 Å². The fourth-order valence-corrected chi connectivity index (χ4v) is 3.52. The highest BCUT2D eigenvalue weighted by molar-refractivity contribution is 7.99. The molecule has 0 amide bonds. The number of hydrogen-bond donors (Lipinski definition) is 1. The van der Waals surface area contributed by atoms with Crippen molar-refractivity contribution in [2.75, 3.05) is 12.4 Å². The molecule has 3 aromatic carbocycles. The third-order valence-corrected chi connectivity index (χ3v) is 5.11. The van der Waals surface area contributed by atoms with Crippen molar-refractivity contribution in [2.45, 2.75) is 11.8 Å². The lowest BCUT2D eigenvalue weighted by Gasteiger charge is -2.10. The Hall–Kier alpha value is -2.98. The van der Waals surface area contributed by atoms with E-state index in [1.54, 1.807) is 23.9 Å². The van der Waals surface area contributed by atoms with Crippen LogP contribution in [0.15, 0.2) is 89.8 Å². The van der Waals surface area contributed by atoms with E-state index in [0.717, 1.165) is 10.6 Å². The van der Waals surface area contributed by atoms with E-state index < -0.39 is 5.97 Å². The Morgan fingerprint density at radius 3 is 2.21 bits per heavy atom. The predicted octanol–water partition coefficient (Wildman–Crippen LogP) is 5.68. The van der Waals surface area contributed by atoms with Gasteiger partial charge in [0.15, 0.2) is 6.61 Å². The molecule has 0 spiro atoms. The molecule has 0 fully saturated rings. The molecule has 0 saturated heterocycles. The molecule has 28 heavy (non-hydrogen) atoms. The summed E-state index contributed by atoms with van der Waals surface area (Å²) >= 11 is 1.73. The minimum Gasteiger partial charge on any atom is -0.482 e. The summed E-state index contributed by atoms with van der Waals surface area (Å²) in [7, 11) is 0. The zero-order chi connectivity index (χ0) is 19.8. The molecular formula is C24H22O3S. The molecule has 0 heterocycles. The second kappa shape index (κ2) is 9.81. The first-order chi connectivity index (χ1) is 13.6. The van der Waals surface area contributed by atoms with Crippen molar-refractivity contribution in [1.29, 1.82) is 0 Å². The minimum atomic E-state index is -0.979. The molecule has 0 atom stereocenters. The number of aliphatic carboxylic acids is 1. The molecular weight excluding hydrogens is 368 g/mol. The SMILES string of the molecule is Cc1ccc(C(=CCSc2ccc(OCC(=O)O)cc2)c2ccccc2)cc1. The standard InChI is InChI=1S/C24H22O3S/c1-18-7-9-20(10-8-18)23(19-5-3-2-4-6-19)15-16-28-22-13-11-21(12-14-22)27-17-24(25)26/h2-15H,16-17H2,1H3,(H,25,26). The molecule has 4 heteroatoms. The number of carboxylic acid groups (broad SMARTS) is 1. The summed E-state index contributed by atoms with van der Waals surface area (Å²) in [6.07, 6.45) is 2.25. The van der Waals surface area contributed by atoms with Gasteiger partial charge in [0.05, 0.1) is 0 Å². The molecule has 142 valence electrons. The van der Waals surface area contributed by atoms with Gasteiger partial charge in [-0.2, -0.15) is 0 Å². The van der Waals surface area contributed by atoms with Gasteiger partial charge in [0, 0.05) is 10.6 Å². The molecule has 3 rings (SSSR count). The number of thioether (sulfide) groups is 1. The van der Waals surface area contributed by atoms with E-state index >= 15 is 0 Å². The van der Waals surface area contributed by atoms with Crippen molar-refractivity contribution in [3.8, 4) is 5.75 Å². The molecule has 0 saturated carbocycles. The Bertz CT molecular complexity index is 930. The van der Waals surface area contributed by atoms with Gasteiger partial charge in [0.25, 0.3) is 0 Å². The number of hydrogen-bond acceptors (Lipinski definition) is 3. The smallest absolute Gasteiger partial charge is 0.341 e. The summed E-state index contributed by atoms with van der Waals surface area (Å²) in [6.45, 7) is 1.77. The van der Waals surface area contributed by atoms with Crippen molar-refractivity contribution in [1.82, 2.24) is 0 Å². The van der Waals surface area contributed by atoms with Gasteiger partial charge < -0.3 is 9.84 Å². The molecule has 0 aliphatic rings. The minimum absolute atomic E-state index is 0.327. The highest BCUT2D eigenvalue weighted by atomic mass is 32.2. The Kier molecular flexibility index (Phi) is 6.93. The second-order valence-corrected chi connectivity index (χ2v) is 7.41. The molecule has 0 aliphatic heterocycles. The van der Waals surface area contributed by atoms with Crippen LogP contribution in [0.25, 0.3) is 5.57 Å². The topological polar surface area (TPSA) is 46.5 Å². The van der Waals surface area contributed by atoms with Crippen LogP contribution in [0.3, 0.4) is 0 Å². The number of carboxylic acids is 1. The van der Waals surface area contributed by atoms with Gasteiger partial charge in [0.1, 0.15) is 5.75 Å². The Balaban J connectivity index is 1.71. The van der Waals surface area contributed by atoms with Crippen LogP contribution in [-0.2, 0) is 4.79 Å². The van der Waals surface area contributed by atoms with Gasteiger partial charge in [-0.1, -0.05) is 66.2 Å². The Morgan fingerprint density at radius 2 is 1.57 bits per heavy atom. The van der Waals surface area contributed by atoms with Crippen molar-refractivity contribution in [3.63, 3.8) is 0 Å². The van der Waals surface area contributed by atoms with Crippen LogP contribution < -0.4 is 4.74 Å². The summed E-state index contributed by atoms with van der Waals surface area (Å²) in [5.74, 6) is 0.410. The van der Waals surface area contributed by atoms with Crippen LogP contribution in [0.5, 0.6) is 5.75 Å². The van der Waals surface area contributed by atoms with Crippen molar-refractivity contribution in [2.24, 2.45) is 0 Å². The summed E-state index contributed by atoms with van der Waals surface area (Å²) < 4.78 is 5.17. The third kappa shape index (κ3) is 5.76. The average molecular weight is 391 g/mol. The maximum Gasteiger partial charge on any atom is 0.341 e. The van der Waals surface area contributed by atoms with E-state index in [0.29, 0.717) is 5.75 Å². The van der Waals surface area contributed by atoms with Gasteiger partial charge in [0.2, 0.25) is 0 Å². The van der Waals surface area contributed by atoms with Gasteiger partial charge >= 0.3 is 5.97 Å². The first-order valence-electron chi connectivity index (χ1n) is 9.02. The number of rotatable bonds is 8. The molecule has 0 aliphatic carbocycles. The number of ether oxygens (including phenoxy) is 1. The molecule has 3 aromatic rings. The largest absolute Gasteiger partial charge is 0.482 e. The average Bonchev–Trinajstić information content (AvgIpc) is 2.72. The molecule has 1 N–H and O–H groups in total. The zero-order valence-electron chi connectivity index (χ0n) is 15.7. The van der Waals surface area contributed by atoms with Crippen LogP contribution in [0.4, 0.5) is 0 Å². The Labute approximate surface area is 169 Å². The maximum absolute atomic E-state index is 10.6. The van der Waals surface area contributed by atoms with Gasteiger partial charge in [-0.25, -0.2) is 4.79 Å². The van der Waals surface area contributed by atoms with E-state index in [2.05, 4.69) is 61.5 Å². The molecule has 0 unspecified atom stereocenters. The van der Waals surface area contributed by atoms with Crippen molar-refractivity contribution < 1.29 is 14.6 Å². The van der Waals surface area contributed by atoms with Crippen LogP contribution in [0.2, 0.25) is 0 Å². The van der Waals surface area contributed by atoms with E-state index in [-0.39, 0.29) is 6.61 Å². The summed E-state index contributed by atoms with van der Waals surface area (Å²) in [5.41, 5.74) is 4.87. The van der Waals surface area contributed by atoms with Crippen molar-refractivity contribution >= 4 is 23.3 Å². The van der Waals surface area contributed by atoms with Crippen LogP contribution in [0, 0.1) is 6.92 Å². The van der Waals surface area contributed by atoms with Gasteiger partial charge in [-0.05, 0) is 47.9 Å². The quantitative estimate of drug-likeness (QED) is 0.503. The van der Waals surface area contributed by atoms with Gasteiger partial charge in [-0.15, -0.1) is 11.8 Å². The first-order valence-corrected chi connectivity index (χ1v) is 10.0. The highest BCUT2D eigenvalue weighted by Crippen LogP contribution is 2.27. The number of carbonyl (C=O) groups is 1. The fourth-order valence-electron chi connectivity index (χ4n) is 2.75. The Morgan fingerprint density at radius 1 is 0.929 bits per heavy atom. The maximum atomic E-state index is 10.6. The zero-order valence-corrected chi connectivity index (χ0v) is 16.5. The van der Waals surface area contributed by atoms with Gasteiger partial charge in [-0.3, -0.25) is 0 Å². The number of benzene rings is 3. The second-order valence-electron chi connectivity index (χ2n) is 6.31. The normalized spacial score (nSPS) is 11.2. The lowest BCUT2D eigenvalue weighted by molar-refractivity contribution is -0.139. The predicted molar refractivity (Wildman–Crippen MR) is 115 cm³/mol. The highest BCUT2D eigenvalue weighted by Gasteiger charge is 2.05. The van der Waals surface area contributed by atoms with E-state index in [4.69, 9.17) is 9.84 Å². The molecule has 0 aromatic heterocycles. The summed E-state index contributed by atoms with van der Waals surface area (Å²) in [5, 5.41) is 8.67. The number of aryl methyl sites for hydroxylation is 1. The summed E-state index contributed by atoms with van der Waals surface area (Å²) in [6, 6.07) is 26.5. The van der Waals surface area contributed by atoms with Crippen LogP contribution >= 0.6 is 11.8 Å². The van der Waals surface area contributed by atoms with E-state index in [1.165, 1.54) is 22.3 Å². The van der Waals surface area contributed by atoms with Crippen molar-refractivity contribution in [3.05, 3.63) is 102 Å². The summed E-state index contributed by atoms with van der Waals surface area (Å²) in [4.78, 5) is 11.7. The lowest BCUT2D eigenvalue weighted by Crippen LogP contribution is -2.09. The monoisotopic (exact) mass is 390 g/mol. The van der Waals surface area contributed by atoms with E-state index in [9.17, 15) is 4.79 Å². The van der Waals surface area contributed by atoms with E-state index in [1.807, 2.05) is 18.2 Å². The van der Waals surface area contributed by atoms with Crippen LogP contribution in [0.1, 0.15) is 16.7 Å². The molecule has 3 nitrogen and oxygen atoms in total. The molecule has 0 bridgehead atoms. The first kappa shape index (κ1) is 19.8. The third-order valence-electron chi connectivity index (χ3n) is 4.17. The lowest BCUT2D eigenvalue weighted by atomic mass is 9.97. The fraction of sp³-hybridized carbons (Fsp3) is 0.125. The molecule has 0 radical (unpaired) electrons.